The zero-order valence-electron chi connectivity index (χ0n) is 15.3. The predicted molar refractivity (Wildman–Crippen MR) is 105 cm³/mol. The highest BCUT2D eigenvalue weighted by Gasteiger charge is 2.13. The van der Waals surface area contributed by atoms with E-state index in [9.17, 15) is 14.0 Å². The van der Waals surface area contributed by atoms with Gasteiger partial charge in [-0.25, -0.2) is 4.39 Å². The molecule has 0 unspecified atom stereocenters. The lowest BCUT2D eigenvalue weighted by Gasteiger charge is -2.13. The number of nitrogens with one attached hydrogen (secondary N) is 1. The number of nitrogens with zero attached hydrogens (tertiary/aromatic N) is 1. The maximum Gasteiger partial charge on any atom is 0.253 e. The number of Topliss-reactive ketones (excluding diaryl/α,β-unsaturated/α-hetero) is 1. The summed E-state index contributed by atoms with van der Waals surface area (Å²) in [7, 11) is 1.62. The Hall–Kier alpha value is -3.21. The van der Waals surface area contributed by atoms with Crippen LogP contribution in [0.3, 0.4) is 0 Å². The first-order valence-corrected chi connectivity index (χ1v) is 8.71. The third kappa shape index (κ3) is 4.50. The molecule has 0 atom stereocenters. The summed E-state index contributed by atoms with van der Waals surface area (Å²) in [5.41, 5.74) is 3.22. The number of benzene rings is 2. The topological polar surface area (TPSA) is 51.1 Å². The Balaban J connectivity index is 1.82. The van der Waals surface area contributed by atoms with E-state index in [2.05, 4.69) is 5.32 Å². The lowest BCUT2D eigenvalue weighted by Crippen LogP contribution is -2.21. The van der Waals surface area contributed by atoms with E-state index in [0.29, 0.717) is 28.9 Å². The fraction of sp³-hybridized carbons (Fsp3) is 0.182. The van der Waals surface area contributed by atoms with Crippen LogP contribution in [0.2, 0.25) is 0 Å². The van der Waals surface area contributed by atoms with Gasteiger partial charge in [0, 0.05) is 43.0 Å². The van der Waals surface area contributed by atoms with E-state index < -0.39 is 0 Å². The molecule has 138 valence electrons. The molecule has 0 saturated carbocycles. The molecule has 3 aromatic rings. The molecule has 0 aliphatic heterocycles. The quantitative estimate of drug-likeness (QED) is 0.676. The zero-order valence-corrected chi connectivity index (χ0v) is 15.3. The van der Waals surface area contributed by atoms with E-state index in [4.69, 9.17) is 0 Å². The summed E-state index contributed by atoms with van der Waals surface area (Å²) in [4.78, 5) is 24.5. The van der Waals surface area contributed by atoms with Crippen LogP contribution in [-0.4, -0.2) is 10.4 Å². The number of ketones is 1. The number of hydrogen-bond donors (Lipinski definition) is 1. The summed E-state index contributed by atoms with van der Waals surface area (Å²) in [5, 5.41) is 3.21. The van der Waals surface area contributed by atoms with Crippen molar-refractivity contribution in [2.24, 2.45) is 7.05 Å². The van der Waals surface area contributed by atoms with Crippen molar-refractivity contribution in [2.45, 2.75) is 19.9 Å². The second kappa shape index (κ2) is 7.99. The first-order chi connectivity index (χ1) is 12.9. The number of halogens is 1. The summed E-state index contributed by atoms with van der Waals surface area (Å²) in [6.07, 6.45) is 1.66. The Labute approximate surface area is 157 Å². The number of carbonyl (C=O) groups excluding carboxylic acids is 1. The van der Waals surface area contributed by atoms with Crippen LogP contribution in [-0.2, 0) is 20.0 Å². The van der Waals surface area contributed by atoms with Crippen molar-refractivity contribution in [2.75, 3.05) is 5.32 Å². The fourth-order valence-electron chi connectivity index (χ4n) is 2.97. The molecular weight excluding hydrogens is 343 g/mol. The average Bonchev–Trinajstić information content (AvgIpc) is 2.66. The fourth-order valence-corrected chi connectivity index (χ4v) is 2.97. The van der Waals surface area contributed by atoms with Gasteiger partial charge in [-0.1, -0.05) is 36.4 Å². The van der Waals surface area contributed by atoms with Crippen LogP contribution >= 0.6 is 0 Å². The number of hydrogen-bond acceptors (Lipinski definition) is 3. The third-order valence-corrected chi connectivity index (χ3v) is 4.43. The average molecular weight is 364 g/mol. The Bertz CT molecular complexity index is 1000. The van der Waals surface area contributed by atoms with Crippen LogP contribution in [0.1, 0.15) is 27.0 Å². The molecule has 0 amide bonds. The minimum absolute atomic E-state index is 0.120. The lowest BCUT2D eigenvalue weighted by atomic mass is 10.0. The second-order valence-electron chi connectivity index (χ2n) is 6.57. The maximum atomic E-state index is 13.7. The molecule has 0 fully saturated rings. The van der Waals surface area contributed by atoms with Crippen LogP contribution < -0.4 is 10.9 Å². The van der Waals surface area contributed by atoms with Gasteiger partial charge >= 0.3 is 0 Å². The lowest BCUT2D eigenvalue weighted by molar-refractivity contribution is 0.0992. The van der Waals surface area contributed by atoms with E-state index in [1.165, 1.54) is 22.9 Å². The number of pyridine rings is 1. The summed E-state index contributed by atoms with van der Waals surface area (Å²) < 4.78 is 15.1. The molecule has 2 aromatic carbocycles. The molecule has 3 rings (SSSR count). The summed E-state index contributed by atoms with van der Waals surface area (Å²) in [5.74, 6) is -0.484. The minimum atomic E-state index is -0.361. The minimum Gasteiger partial charge on any atom is -0.381 e. The van der Waals surface area contributed by atoms with Gasteiger partial charge in [-0.05, 0) is 36.2 Å². The van der Waals surface area contributed by atoms with Gasteiger partial charge in [-0.15, -0.1) is 0 Å². The first kappa shape index (κ1) is 18.6. The molecule has 0 saturated heterocycles. The number of rotatable bonds is 6. The van der Waals surface area contributed by atoms with Gasteiger partial charge < -0.3 is 9.88 Å². The number of aryl methyl sites for hydroxylation is 2. The smallest absolute Gasteiger partial charge is 0.253 e. The molecular formula is C22H21FN2O2. The van der Waals surface area contributed by atoms with Crippen molar-refractivity contribution in [3.8, 4) is 0 Å². The highest BCUT2D eigenvalue weighted by molar-refractivity contribution is 5.98. The largest absolute Gasteiger partial charge is 0.381 e. The van der Waals surface area contributed by atoms with Crippen molar-refractivity contribution in [3.05, 3.63) is 99.2 Å². The number of aromatic nitrogens is 1. The van der Waals surface area contributed by atoms with Crippen LogP contribution in [0.4, 0.5) is 10.1 Å². The monoisotopic (exact) mass is 364 g/mol. The molecule has 0 radical (unpaired) electrons. The van der Waals surface area contributed by atoms with Gasteiger partial charge in [0.05, 0.1) is 0 Å². The Kier molecular flexibility index (Phi) is 5.50. The van der Waals surface area contributed by atoms with Crippen LogP contribution in [0.25, 0.3) is 0 Å². The molecule has 1 aromatic heterocycles. The Morgan fingerprint density at radius 2 is 1.85 bits per heavy atom. The SMILES string of the molecule is Cc1cc(C(=O)Cc2ccc(F)cc2NCc2ccccc2)cn(C)c1=O. The molecule has 4 nitrogen and oxygen atoms in total. The maximum absolute atomic E-state index is 13.7. The molecule has 0 aliphatic rings. The Morgan fingerprint density at radius 1 is 1.11 bits per heavy atom. The van der Waals surface area contributed by atoms with Gasteiger partial charge in [-0.3, -0.25) is 9.59 Å². The second-order valence-corrected chi connectivity index (χ2v) is 6.57. The number of carbonyl (C=O) groups is 1. The van der Waals surface area contributed by atoms with Crippen molar-refractivity contribution in [3.63, 3.8) is 0 Å². The molecule has 1 N–H and O–H groups in total. The number of anilines is 1. The van der Waals surface area contributed by atoms with Gasteiger partial charge in [0.2, 0.25) is 0 Å². The molecule has 27 heavy (non-hydrogen) atoms. The van der Waals surface area contributed by atoms with E-state index in [0.717, 1.165) is 5.56 Å². The van der Waals surface area contributed by atoms with E-state index in [1.54, 1.807) is 26.1 Å². The highest BCUT2D eigenvalue weighted by atomic mass is 19.1. The van der Waals surface area contributed by atoms with Crippen molar-refractivity contribution in [1.82, 2.24) is 4.57 Å². The summed E-state index contributed by atoms with van der Waals surface area (Å²) >= 11 is 0. The standard InChI is InChI=1S/C22H21FN2O2/c1-15-10-18(14-25(2)22(15)27)21(26)11-17-8-9-19(23)12-20(17)24-13-16-6-4-3-5-7-16/h3-10,12,14,24H,11,13H2,1-2H3. The summed E-state index contributed by atoms with van der Waals surface area (Å²) in [6.45, 7) is 2.22. The summed E-state index contributed by atoms with van der Waals surface area (Å²) in [6, 6.07) is 15.7. The van der Waals surface area contributed by atoms with E-state index >= 15 is 0 Å². The zero-order chi connectivity index (χ0) is 19.4. The van der Waals surface area contributed by atoms with Crippen LogP contribution in [0.15, 0.2) is 65.6 Å². The first-order valence-electron chi connectivity index (χ1n) is 8.71. The molecule has 0 aliphatic carbocycles. The molecule has 1 heterocycles. The molecule has 5 heteroatoms. The predicted octanol–water partition coefficient (Wildman–Crippen LogP) is 3.87. The van der Waals surface area contributed by atoms with Gasteiger partial charge in [0.15, 0.2) is 5.78 Å². The van der Waals surface area contributed by atoms with Crippen molar-refractivity contribution < 1.29 is 9.18 Å². The Morgan fingerprint density at radius 3 is 2.56 bits per heavy atom. The van der Waals surface area contributed by atoms with Crippen LogP contribution in [0, 0.1) is 12.7 Å². The normalized spacial score (nSPS) is 10.6. The van der Waals surface area contributed by atoms with Gasteiger partial charge in [0.1, 0.15) is 5.82 Å². The van der Waals surface area contributed by atoms with E-state index in [1.807, 2.05) is 30.3 Å². The highest BCUT2D eigenvalue weighted by Crippen LogP contribution is 2.20. The van der Waals surface area contributed by atoms with Crippen molar-refractivity contribution in [1.29, 1.82) is 0 Å². The third-order valence-electron chi connectivity index (χ3n) is 4.43. The van der Waals surface area contributed by atoms with Crippen molar-refractivity contribution >= 4 is 11.5 Å². The molecule has 0 spiro atoms. The van der Waals surface area contributed by atoms with Crippen LogP contribution in [0.5, 0.6) is 0 Å². The van der Waals surface area contributed by atoms with Gasteiger partial charge in [-0.2, -0.15) is 0 Å². The molecule has 0 bridgehead atoms. The van der Waals surface area contributed by atoms with E-state index in [-0.39, 0.29) is 23.6 Å². The van der Waals surface area contributed by atoms with Gasteiger partial charge in [0.25, 0.3) is 5.56 Å².